The van der Waals surface area contributed by atoms with Crippen molar-refractivity contribution in [2.75, 3.05) is 18.4 Å². The maximum absolute atomic E-state index is 13.5. The smallest absolute Gasteiger partial charge is 0.475 e. The number of hydrogen-bond donors (Lipinski definition) is 5. The number of halogens is 6. The van der Waals surface area contributed by atoms with Crippen LogP contribution >= 0.6 is 0 Å². The first-order valence-electron chi connectivity index (χ1n) is 16.0. The molecule has 2 aromatic rings. The van der Waals surface area contributed by atoms with E-state index in [1.807, 2.05) is 35.2 Å². The lowest BCUT2D eigenvalue weighted by Gasteiger charge is -2.28. The first kappa shape index (κ1) is 42.5. The third-order valence-electron chi connectivity index (χ3n) is 7.90. The number of aromatic nitrogens is 2. The predicted octanol–water partition coefficient (Wildman–Crippen LogP) is 4.49. The zero-order valence-corrected chi connectivity index (χ0v) is 28.0. The fourth-order valence-electron chi connectivity index (χ4n) is 5.28. The predicted molar refractivity (Wildman–Crippen MR) is 170 cm³/mol. The molecule has 1 aromatic carbocycles. The first-order valence-corrected chi connectivity index (χ1v) is 16.0. The van der Waals surface area contributed by atoms with E-state index in [-0.39, 0.29) is 17.7 Å². The summed E-state index contributed by atoms with van der Waals surface area (Å²) in [5.74, 6) is -5.46. The monoisotopic (exact) mass is 736 g/mol. The molecule has 0 bridgehead atoms. The van der Waals surface area contributed by atoms with E-state index >= 15 is 0 Å². The Morgan fingerprint density at radius 1 is 0.882 bits per heavy atom. The number of rotatable bonds is 9. The Morgan fingerprint density at radius 2 is 1.39 bits per heavy atom. The number of aliphatic carboxylic acids is 2. The van der Waals surface area contributed by atoms with Crippen LogP contribution in [-0.4, -0.2) is 91.3 Å². The van der Waals surface area contributed by atoms with Gasteiger partial charge in [-0.3, -0.25) is 14.4 Å². The molecule has 1 saturated carbocycles. The minimum absolute atomic E-state index is 0.0200. The van der Waals surface area contributed by atoms with Crippen LogP contribution in [0.5, 0.6) is 0 Å². The van der Waals surface area contributed by atoms with Gasteiger partial charge in [0.05, 0.1) is 11.9 Å². The van der Waals surface area contributed by atoms with Gasteiger partial charge in [-0.05, 0) is 44.6 Å². The molecule has 6 N–H and O–H groups in total. The molecule has 1 saturated heterocycles. The third-order valence-corrected chi connectivity index (χ3v) is 7.90. The van der Waals surface area contributed by atoms with Crippen molar-refractivity contribution in [3.05, 3.63) is 48.4 Å². The zero-order chi connectivity index (χ0) is 38.6. The lowest BCUT2D eigenvalue weighted by molar-refractivity contribution is -0.193. The number of nitrogens with zero attached hydrogens (tertiary/aromatic N) is 3. The number of carbonyl (C=O) groups excluding carboxylic acids is 3. The highest BCUT2D eigenvalue weighted by molar-refractivity contribution is 5.98. The van der Waals surface area contributed by atoms with E-state index in [1.165, 1.54) is 6.42 Å². The summed E-state index contributed by atoms with van der Waals surface area (Å²) in [4.78, 5) is 63.5. The van der Waals surface area contributed by atoms with Crippen LogP contribution in [0, 0.1) is 5.92 Å². The van der Waals surface area contributed by atoms with Crippen molar-refractivity contribution in [1.29, 1.82) is 0 Å². The van der Waals surface area contributed by atoms with Gasteiger partial charge in [0.15, 0.2) is 5.82 Å². The van der Waals surface area contributed by atoms with Gasteiger partial charge < -0.3 is 36.0 Å². The van der Waals surface area contributed by atoms with Crippen molar-refractivity contribution in [2.45, 2.75) is 95.2 Å². The molecule has 2 heterocycles. The largest absolute Gasteiger partial charge is 0.490 e. The second-order valence-corrected chi connectivity index (χ2v) is 12.6. The molecule has 3 amide bonds. The van der Waals surface area contributed by atoms with Crippen LogP contribution in [0.1, 0.15) is 76.8 Å². The molecular weight excluding hydrogens is 694 g/mol. The minimum Gasteiger partial charge on any atom is -0.475 e. The van der Waals surface area contributed by atoms with E-state index in [2.05, 4.69) is 15.6 Å². The van der Waals surface area contributed by atoms with Gasteiger partial charge in [-0.25, -0.2) is 14.6 Å². The molecule has 13 nitrogen and oxygen atoms in total. The Labute approximate surface area is 289 Å². The summed E-state index contributed by atoms with van der Waals surface area (Å²) in [7, 11) is 0. The number of carboxylic acids is 2. The molecular formula is C32H42F6N6O7. The van der Waals surface area contributed by atoms with Gasteiger partial charge in [-0.2, -0.15) is 26.3 Å². The van der Waals surface area contributed by atoms with Crippen LogP contribution in [0.3, 0.4) is 0 Å². The normalized spacial score (nSPS) is 16.4. The van der Waals surface area contributed by atoms with Gasteiger partial charge in [0.25, 0.3) is 0 Å². The Morgan fingerprint density at radius 3 is 1.86 bits per heavy atom. The van der Waals surface area contributed by atoms with Crippen molar-refractivity contribution in [2.24, 2.45) is 11.7 Å². The SMILES string of the molecule is CC(C)(N)C(=O)N[C@H](CC1CCCCC1)C(=O)Nc1cn(C(C(=O)N2CCCC2)c2ccccc2)cn1.O=C(O)C(F)(F)F.O=C(O)C(F)(F)F. The average molecular weight is 737 g/mol. The minimum atomic E-state index is -5.08. The van der Waals surface area contributed by atoms with E-state index in [0.29, 0.717) is 18.2 Å². The molecule has 284 valence electrons. The van der Waals surface area contributed by atoms with E-state index in [9.17, 15) is 40.7 Å². The molecule has 0 radical (unpaired) electrons. The van der Waals surface area contributed by atoms with Crippen molar-refractivity contribution in [3.8, 4) is 0 Å². The third kappa shape index (κ3) is 14.2. The molecule has 19 heteroatoms. The van der Waals surface area contributed by atoms with Crippen LogP contribution in [-0.2, 0) is 24.0 Å². The van der Waals surface area contributed by atoms with Crippen molar-refractivity contribution in [1.82, 2.24) is 19.8 Å². The van der Waals surface area contributed by atoms with Gasteiger partial charge >= 0.3 is 24.3 Å². The number of imidazole rings is 1. The van der Waals surface area contributed by atoms with Crippen LogP contribution in [0.25, 0.3) is 0 Å². The highest BCUT2D eigenvalue weighted by atomic mass is 19.4. The van der Waals surface area contributed by atoms with Crippen molar-refractivity contribution < 1.29 is 60.5 Å². The summed E-state index contributed by atoms with van der Waals surface area (Å²) in [6.45, 7) is 4.75. The Hall–Kier alpha value is -4.68. The summed E-state index contributed by atoms with van der Waals surface area (Å²) in [6, 6.07) is 8.34. The molecule has 1 aliphatic carbocycles. The molecule has 1 aliphatic heterocycles. The summed E-state index contributed by atoms with van der Waals surface area (Å²) in [6.07, 6.45) is 1.29. The summed E-state index contributed by atoms with van der Waals surface area (Å²) < 4.78 is 65.2. The van der Waals surface area contributed by atoms with Crippen LogP contribution in [0.2, 0.25) is 0 Å². The van der Waals surface area contributed by atoms with Gasteiger partial charge in [0, 0.05) is 19.3 Å². The number of amides is 3. The molecule has 0 spiro atoms. The van der Waals surface area contributed by atoms with Crippen molar-refractivity contribution >= 4 is 35.5 Å². The molecule has 2 atom stereocenters. The second kappa shape index (κ2) is 18.5. The van der Waals surface area contributed by atoms with Gasteiger partial charge in [-0.15, -0.1) is 0 Å². The fraction of sp³-hybridized carbons (Fsp3) is 0.562. The Kier molecular flexibility index (Phi) is 15.4. The number of carboxylic acid groups (broad SMARTS) is 2. The van der Waals surface area contributed by atoms with E-state index in [4.69, 9.17) is 25.5 Å². The number of alkyl halides is 6. The van der Waals surface area contributed by atoms with Crippen LogP contribution < -0.4 is 16.4 Å². The highest BCUT2D eigenvalue weighted by Crippen LogP contribution is 2.28. The lowest BCUT2D eigenvalue weighted by atomic mass is 9.84. The number of likely N-dealkylation sites (tertiary alicyclic amines) is 1. The van der Waals surface area contributed by atoms with Crippen LogP contribution in [0.4, 0.5) is 32.2 Å². The van der Waals surface area contributed by atoms with Crippen LogP contribution in [0.15, 0.2) is 42.9 Å². The molecule has 2 aliphatic rings. The number of hydrogen-bond acceptors (Lipinski definition) is 7. The van der Waals surface area contributed by atoms with Gasteiger partial charge in [0.2, 0.25) is 17.7 Å². The summed E-state index contributed by atoms with van der Waals surface area (Å²) in [5.41, 5.74) is 5.76. The molecule has 2 fully saturated rings. The van der Waals surface area contributed by atoms with E-state index < -0.39 is 41.9 Å². The molecule has 1 unspecified atom stereocenters. The quantitative estimate of drug-likeness (QED) is 0.230. The zero-order valence-electron chi connectivity index (χ0n) is 28.0. The fourth-order valence-corrected chi connectivity index (χ4v) is 5.28. The number of nitrogens with two attached hydrogens (primary N) is 1. The van der Waals surface area contributed by atoms with Gasteiger partial charge in [0.1, 0.15) is 12.1 Å². The van der Waals surface area contributed by atoms with Gasteiger partial charge in [-0.1, -0.05) is 62.4 Å². The van der Waals surface area contributed by atoms with E-state index in [0.717, 1.165) is 57.2 Å². The number of carbonyl (C=O) groups is 5. The maximum Gasteiger partial charge on any atom is 0.490 e. The summed E-state index contributed by atoms with van der Waals surface area (Å²) in [5, 5.41) is 20.0. The van der Waals surface area contributed by atoms with Crippen molar-refractivity contribution in [3.63, 3.8) is 0 Å². The van der Waals surface area contributed by atoms with E-state index in [1.54, 1.807) is 30.9 Å². The lowest BCUT2D eigenvalue weighted by Crippen LogP contribution is -2.55. The Balaban J connectivity index is 0.000000543. The number of benzene rings is 1. The molecule has 4 rings (SSSR count). The summed E-state index contributed by atoms with van der Waals surface area (Å²) >= 11 is 0. The maximum atomic E-state index is 13.5. The average Bonchev–Trinajstić information content (AvgIpc) is 3.74. The second-order valence-electron chi connectivity index (χ2n) is 12.6. The highest BCUT2D eigenvalue weighted by Gasteiger charge is 2.39. The number of nitrogens with one attached hydrogen (secondary N) is 2. The first-order chi connectivity index (χ1) is 23.6. The topological polar surface area (TPSA) is 197 Å². The standard InChI is InChI=1S/C28H40N6O3.2C2HF3O2/c1-28(2,29)27(37)31-22(17-20-11-5-3-6-12-20)25(35)32-23-18-34(19-30-23)24(21-13-7-4-8-14-21)26(36)33-15-9-10-16-33;2*3-2(4,5)1(6)7/h4,7-8,13-14,18-20,22,24H,3,5-6,9-12,15-17,29H2,1-2H3,(H,31,37)(H,32,35);2*(H,6,7)/t22-,24?;;/m1../s1. The molecule has 51 heavy (non-hydrogen) atoms. The molecule has 1 aromatic heterocycles. The Bertz CT molecular complexity index is 1440. The number of anilines is 1.